The second-order valence-corrected chi connectivity index (χ2v) is 9.61. The lowest BCUT2D eigenvalue weighted by Gasteiger charge is -2.24. The third kappa shape index (κ3) is 6.24. The summed E-state index contributed by atoms with van der Waals surface area (Å²) < 4.78 is 33.3. The van der Waals surface area contributed by atoms with Crippen LogP contribution in [0, 0.1) is 13.8 Å². The summed E-state index contributed by atoms with van der Waals surface area (Å²) >= 11 is 5.95. The predicted octanol–water partition coefficient (Wildman–Crippen LogP) is 4.35. The van der Waals surface area contributed by atoms with E-state index in [4.69, 9.17) is 16.3 Å². The SMILES string of the molecule is Cc1ccc(S(=O)(=O)N(CC(=O)NCCOc2cccc(C)c2)c2ccc(Cl)cc2)cc1. The Morgan fingerprint density at radius 3 is 2.31 bits per heavy atom. The molecule has 0 aromatic heterocycles. The van der Waals surface area contributed by atoms with Gasteiger partial charge < -0.3 is 10.1 Å². The topological polar surface area (TPSA) is 75.7 Å². The number of sulfonamides is 1. The molecule has 0 radical (unpaired) electrons. The van der Waals surface area contributed by atoms with Crippen LogP contribution < -0.4 is 14.4 Å². The Morgan fingerprint density at radius 1 is 0.969 bits per heavy atom. The van der Waals surface area contributed by atoms with Crippen molar-refractivity contribution in [3.8, 4) is 5.75 Å². The van der Waals surface area contributed by atoms with Crippen molar-refractivity contribution in [3.05, 3.63) is 88.9 Å². The summed E-state index contributed by atoms with van der Waals surface area (Å²) in [6.07, 6.45) is 0. The minimum Gasteiger partial charge on any atom is -0.492 e. The molecule has 0 saturated heterocycles. The van der Waals surface area contributed by atoms with Crippen LogP contribution in [0.25, 0.3) is 0 Å². The van der Waals surface area contributed by atoms with E-state index in [-0.39, 0.29) is 24.6 Å². The van der Waals surface area contributed by atoms with Gasteiger partial charge in [-0.15, -0.1) is 0 Å². The Kier molecular flexibility index (Phi) is 7.77. The highest BCUT2D eigenvalue weighted by Gasteiger charge is 2.27. The predicted molar refractivity (Wildman–Crippen MR) is 127 cm³/mol. The van der Waals surface area contributed by atoms with E-state index in [2.05, 4.69) is 5.32 Å². The molecule has 1 N–H and O–H groups in total. The number of amides is 1. The molecule has 0 heterocycles. The number of nitrogens with zero attached hydrogens (tertiary/aromatic N) is 1. The molecular weight excluding hydrogens is 448 g/mol. The summed E-state index contributed by atoms with van der Waals surface area (Å²) in [4.78, 5) is 12.7. The zero-order valence-corrected chi connectivity index (χ0v) is 19.5. The van der Waals surface area contributed by atoms with Gasteiger partial charge in [0.1, 0.15) is 18.9 Å². The average Bonchev–Trinajstić information content (AvgIpc) is 2.76. The van der Waals surface area contributed by atoms with Crippen LogP contribution in [0.15, 0.2) is 77.7 Å². The van der Waals surface area contributed by atoms with Crippen molar-refractivity contribution in [2.75, 3.05) is 24.0 Å². The van der Waals surface area contributed by atoms with E-state index in [0.717, 1.165) is 15.4 Å². The van der Waals surface area contributed by atoms with Gasteiger partial charge in [0.25, 0.3) is 10.0 Å². The molecule has 6 nitrogen and oxygen atoms in total. The normalized spacial score (nSPS) is 11.1. The van der Waals surface area contributed by atoms with Crippen molar-refractivity contribution in [3.63, 3.8) is 0 Å². The van der Waals surface area contributed by atoms with Crippen LogP contribution in [0.5, 0.6) is 5.75 Å². The van der Waals surface area contributed by atoms with Gasteiger partial charge in [-0.3, -0.25) is 9.10 Å². The maximum absolute atomic E-state index is 13.3. The number of anilines is 1. The van der Waals surface area contributed by atoms with Crippen molar-refractivity contribution in [2.45, 2.75) is 18.7 Å². The molecule has 168 valence electrons. The molecule has 3 aromatic carbocycles. The number of carbonyl (C=O) groups excluding carboxylic acids is 1. The summed E-state index contributed by atoms with van der Waals surface area (Å²) in [7, 11) is -3.96. The number of halogens is 1. The average molecular weight is 473 g/mol. The summed E-state index contributed by atoms with van der Waals surface area (Å²) in [5.74, 6) is 0.271. The number of aryl methyl sites for hydroxylation is 2. The van der Waals surface area contributed by atoms with E-state index < -0.39 is 15.9 Å². The number of nitrogens with one attached hydrogen (secondary N) is 1. The molecule has 3 aromatic rings. The third-order valence-corrected chi connectivity index (χ3v) is 6.73. The van der Waals surface area contributed by atoms with Crippen LogP contribution in [-0.4, -0.2) is 34.0 Å². The van der Waals surface area contributed by atoms with E-state index >= 15 is 0 Å². The van der Waals surface area contributed by atoms with Crippen LogP contribution in [0.3, 0.4) is 0 Å². The molecule has 0 aliphatic heterocycles. The molecule has 0 atom stereocenters. The van der Waals surface area contributed by atoms with E-state index in [1.165, 1.54) is 12.1 Å². The Hall–Kier alpha value is -3.03. The molecule has 32 heavy (non-hydrogen) atoms. The fourth-order valence-corrected chi connectivity index (χ4v) is 4.56. The summed E-state index contributed by atoms with van der Waals surface area (Å²) in [6, 6.07) is 20.4. The van der Waals surface area contributed by atoms with Crippen molar-refractivity contribution < 1.29 is 17.9 Å². The number of hydrogen-bond acceptors (Lipinski definition) is 4. The van der Waals surface area contributed by atoms with Gasteiger partial charge in [0.2, 0.25) is 5.91 Å². The monoisotopic (exact) mass is 472 g/mol. The van der Waals surface area contributed by atoms with Gasteiger partial charge in [-0.2, -0.15) is 0 Å². The smallest absolute Gasteiger partial charge is 0.264 e. The van der Waals surface area contributed by atoms with Crippen molar-refractivity contribution >= 4 is 33.2 Å². The Morgan fingerprint density at radius 2 is 1.66 bits per heavy atom. The fourth-order valence-electron chi connectivity index (χ4n) is 3.01. The highest BCUT2D eigenvalue weighted by molar-refractivity contribution is 7.92. The van der Waals surface area contributed by atoms with Crippen LogP contribution >= 0.6 is 11.6 Å². The van der Waals surface area contributed by atoms with Gasteiger partial charge >= 0.3 is 0 Å². The molecule has 0 fully saturated rings. The van der Waals surface area contributed by atoms with Gasteiger partial charge in [0.05, 0.1) is 17.1 Å². The first kappa shape index (κ1) is 23.6. The lowest BCUT2D eigenvalue weighted by atomic mass is 10.2. The first-order valence-electron chi connectivity index (χ1n) is 10.1. The fraction of sp³-hybridized carbons (Fsp3) is 0.208. The Labute approximate surface area is 193 Å². The van der Waals surface area contributed by atoms with Crippen molar-refractivity contribution in [1.82, 2.24) is 5.32 Å². The lowest BCUT2D eigenvalue weighted by Crippen LogP contribution is -2.41. The lowest BCUT2D eigenvalue weighted by molar-refractivity contribution is -0.119. The molecule has 0 aliphatic carbocycles. The second kappa shape index (κ2) is 10.5. The second-order valence-electron chi connectivity index (χ2n) is 7.32. The van der Waals surface area contributed by atoms with Crippen molar-refractivity contribution in [2.24, 2.45) is 0 Å². The number of benzene rings is 3. The van der Waals surface area contributed by atoms with E-state index in [1.807, 2.05) is 38.1 Å². The molecule has 0 unspecified atom stereocenters. The maximum Gasteiger partial charge on any atom is 0.264 e. The maximum atomic E-state index is 13.3. The third-order valence-electron chi connectivity index (χ3n) is 4.69. The van der Waals surface area contributed by atoms with Gasteiger partial charge in [-0.05, 0) is 67.9 Å². The summed E-state index contributed by atoms with van der Waals surface area (Å²) in [5.41, 5.74) is 2.36. The number of carbonyl (C=O) groups is 1. The highest BCUT2D eigenvalue weighted by atomic mass is 35.5. The zero-order chi connectivity index (χ0) is 23.1. The minimum absolute atomic E-state index is 0.105. The first-order valence-corrected chi connectivity index (χ1v) is 11.9. The molecule has 0 spiro atoms. The Balaban J connectivity index is 1.70. The summed E-state index contributed by atoms with van der Waals surface area (Å²) in [6.45, 7) is 3.98. The van der Waals surface area contributed by atoms with E-state index in [1.54, 1.807) is 36.4 Å². The largest absolute Gasteiger partial charge is 0.492 e. The molecule has 0 saturated carbocycles. The minimum atomic E-state index is -3.96. The number of ether oxygens (including phenoxy) is 1. The molecule has 0 aliphatic rings. The van der Waals surface area contributed by atoms with Gasteiger partial charge in [-0.1, -0.05) is 41.4 Å². The van der Waals surface area contributed by atoms with Crippen LogP contribution in [0.1, 0.15) is 11.1 Å². The zero-order valence-electron chi connectivity index (χ0n) is 17.9. The van der Waals surface area contributed by atoms with Gasteiger partial charge in [0.15, 0.2) is 0 Å². The Bertz CT molecular complexity index is 1160. The number of rotatable bonds is 9. The van der Waals surface area contributed by atoms with Crippen molar-refractivity contribution in [1.29, 1.82) is 0 Å². The summed E-state index contributed by atoms with van der Waals surface area (Å²) in [5, 5.41) is 3.19. The molecule has 8 heteroatoms. The standard InChI is InChI=1S/C24H25ClN2O4S/c1-18-6-12-23(13-7-18)32(29,30)27(21-10-8-20(25)9-11-21)17-24(28)26-14-15-31-22-5-3-4-19(2)16-22/h3-13,16H,14-15,17H2,1-2H3,(H,26,28). The van der Waals surface area contributed by atoms with E-state index in [0.29, 0.717) is 16.5 Å². The molecule has 1 amide bonds. The first-order chi connectivity index (χ1) is 15.3. The van der Waals surface area contributed by atoms with Crippen LogP contribution in [-0.2, 0) is 14.8 Å². The molecular formula is C24H25ClN2O4S. The molecule has 0 bridgehead atoms. The van der Waals surface area contributed by atoms with Gasteiger partial charge in [-0.25, -0.2) is 8.42 Å². The van der Waals surface area contributed by atoms with Crippen LogP contribution in [0.2, 0.25) is 5.02 Å². The molecule has 3 rings (SSSR count). The number of hydrogen-bond donors (Lipinski definition) is 1. The van der Waals surface area contributed by atoms with Crippen LogP contribution in [0.4, 0.5) is 5.69 Å². The quantitative estimate of drug-likeness (QED) is 0.470. The van der Waals surface area contributed by atoms with Gasteiger partial charge in [0, 0.05) is 5.02 Å². The van der Waals surface area contributed by atoms with E-state index in [9.17, 15) is 13.2 Å². The highest BCUT2D eigenvalue weighted by Crippen LogP contribution is 2.25.